The van der Waals surface area contributed by atoms with Crippen LogP contribution in [0.15, 0.2) is 42.0 Å². The highest BCUT2D eigenvalue weighted by Gasteiger charge is 2.20. The maximum atomic E-state index is 13.9. The van der Waals surface area contributed by atoms with Gasteiger partial charge in [0.2, 0.25) is 5.95 Å². The van der Waals surface area contributed by atoms with Gasteiger partial charge in [-0.15, -0.1) is 0 Å². The van der Waals surface area contributed by atoms with Crippen molar-refractivity contribution in [2.24, 2.45) is 5.11 Å². The summed E-state index contributed by atoms with van der Waals surface area (Å²) in [6, 6.07) is 3.93. The SMILES string of the molecule is Cc1cnc(NC2CCOCC2)nc1-n1cnc(C(=O)NC(OCN=[N+]=[N-])c2cc(F)cc(Cl)c2)c1. The second kappa shape index (κ2) is 11.8. The summed E-state index contributed by atoms with van der Waals surface area (Å²) < 4.78 is 26.3. The lowest BCUT2D eigenvalue weighted by Gasteiger charge is -2.23. The molecule has 1 atom stereocenters. The molecule has 1 amide bonds. The number of benzene rings is 1. The number of hydrogen-bond acceptors (Lipinski definition) is 8. The third-order valence-electron chi connectivity index (χ3n) is 5.37. The number of aryl methyl sites for hydroxylation is 1. The highest BCUT2D eigenvalue weighted by Crippen LogP contribution is 2.22. The lowest BCUT2D eigenvalue weighted by Crippen LogP contribution is -2.30. The lowest BCUT2D eigenvalue weighted by atomic mass is 10.1. The van der Waals surface area contributed by atoms with Crippen molar-refractivity contribution in [2.45, 2.75) is 32.0 Å². The molecule has 3 heterocycles. The molecule has 0 radical (unpaired) electrons. The molecule has 1 aliphatic rings. The summed E-state index contributed by atoms with van der Waals surface area (Å²) in [6.45, 7) is 2.82. The van der Waals surface area contributed by atoms with Gasteiger partial charge >= 0.3 is 0 Å². The lowest BCUT2D eigenvalue weighted by molar-refractivity contribution is 0.0298. The normalized spacial score (nSPS) is 14.6. The van der Waals surface area contributed by atoms with E-state index in [9.17, 15) is 9.18 Å². The Morgan fingerprint density at radius 3 is 2.94 bits per heavy atom. The quantitative estimate of drug-likeness (QED) is 0.188. The van der Waals surface area contributed by atoms with Gasteiger partial charge in [-0.05, 0) is 43.5 Å². The number of azide groups is 1. The second-order valence-electron chi connectivity index (χ2n) is 7.98. The molecule has 188 valence electrons. The van der Waals surface area contributed by atoms with E-state index in [1.165, 1.54) is 18.6 Å². The number of amides is 1. The first-order valence-corrected chi connectivity index (χ1v) is 11.4. The smallest absolute Gasteiger partial charge is 0.273 e. The number of nitrogens with one attached hydrogen (secondary N) is 2. The Kier molecular flexibility index (Phi) is 8.28. The topological polar surface area (TPSA) is 152 Å². The Morgan fingerprint density at radius 1 is 1.39 bits per heavy atom. The number of imidazole rings is 1. The van der Waals surface area contributed by atoms with Gasteiger partial charge in [0.05, 0.1) is 0 Å². The van der Waals surface area contributed by atoms with Crippen molar-refractivity contribution in [3.63, 3.8) is 0 Å². The minimum Gasteiger partial charge on any atom is -0.381 e. The van der Waals surface area contributed by atoms with Crippen LogP contribution in [0, 0.1) is 12.7 Å². The summed E-state index contributed by atoms with van der Waals surface area (Å²) in [6.07, 6.45) is 5.24. The number of ether oxygens (including phenoxy) is 2. The number of rotatable bonds is 9. The van der Waals surface area contributed by atoms with E-state index in [0.717, 1.165) is 30.5 Å². The van der Waals surface area contributed by atoms with Crippen LogP contribution in [0.4, 0.5) is 10.3 Å². The minimum atomic E-state index is -1.14. The number of carbonyl (C=O) groups excluding carboxylic acids is 1. The zero-order valence-corrected chi connectivity index (χ0v) is 20.0. The summed E-state index contributed by atoms with van der Waals surface area (Å²) >= 11 is 5.94. The van der Waals surface area contributed by atoms with Crippen LogP contribution in [0.5, 0.6) is 0 Å². The average molecular weight is 516 g/mol. The highest BCUT2D eigenvalue weighted by molar-refractivity contribution is 6.30. The van der Waals surface area contributed by atoms with E-state index in [1.54, 1.807) is 10.8 Å². The Labute approximate surface area is 210 Å². The molecule has 36 heavy (non-hydrogen) atoms. The first-order chi connectivity index (χ1) is 17.4. The van der Waals surface area contributed by atoms with Gasteiger partial charge in [0.15, 0.2) is 6.23 Å². The zero-order chi connectivity index (χ0) is 25.5. The Morgan fingerprint density at radius 2 is 2.19 bits per heavy atom. The van der Waals surface area contributed by atoms with Gasteiger partial charge in [0.1, 0.15) is 30.4 Å². The number of anilines is 1. The van der Waals surface area contributed by atoms with Gasteiger partial charge in [-0.25, -0.2) is 14.4 Å². The molecule has 1 saturated heterocycles. The van der Waals surface area contributed by atoms with Gasteiger partial charge in [-0.2, -0.15) is 4.98 Å². The molecular weight excluding hydrogens is 493 g/mol. The molecule has 2 aromatic heterocycles. The van der Waals surface area contributed by atoms with Gasteiger partial charge in [0, 0.05) is 52.7 Å². The standard InChI is InChI=1S/C22H23ClFN9O3/c1-13-9-26-22(29-17-2-4-35-5-3-17)30-19(13)33-10-18(27-11-33)20(34)31-21(36-12-28-32-25)14-6-15(23)8-16(24)7-14/h6-11,17,21H,2-5,12H2,1H3,(H,31,34)(H,26,29,30). The monoisotopic (exact) mass is 515 g/mol. The van der Waals surface area contributed by atoms with Crippen LogP contribution in [-0.4, -0.2) is 51.4 Å². The van der Waals surface area contributed by atoms with E-state index in [4.69, 9.17) is 26.6 Å². The van der Waals surface area contributed by atoms with Crippen LogP contribution >= 0.6 is 11.6 Å². The van der Waals surface area contributed by atoms with Crippen molar-refractivity contribution < 1.29 is 18.7 Å². The largest absolute Gasteiger partial charge is 0.381 e. The maximum absolute atomic E-state index is 13.9. The molecule has 0 aliphatic carbocycles. The molecule has 0 saturated carbocycles. The summed E-state index contributed by atoms with van der Waals surface area (Å²) in [4.78, 5) is 28.7. The Balaban J connectivity index is 1.51. The van der Waals surface area contributed by atoms with Crippen molar-refractivity contribution in [1.82, 2.24) is 24.8 Å². The number of halogens is 2. The van der Waals surface area contributed by atoms with E-state index < -0.39 is 24.7 Å². The molecule has 1 aliphatic heterocycles. The molecule has 12 nitrogen and oxygen atoms in total. The van der Waals surface area contributed by atoms with Gasteiger partial charge in [-0.3, -0.25) is 9.36 Å². The van der Waals surface area contributed by atoms with E-state index >= 15 is 0 Å². The van der Waals surface area contributed by atoms with Crippen molar-refractivity contribution in [2.75, 3.05) is 25.3 Å². The van der Waals surface area contributed by atoms with Crippen LogP contribution in [0.2, 0.25) is 5.02 Å². The molecule has 0 spiro atoms. The average Bonchev–Trinajstić information content (AvgIpc) is 3.35. The minimum absolute atomic E-state index is 0.0619. The first kappa shape index (κ1) is 25.3. The fraction of sp³-hybridized carbons (Fsp3) is 0.364. The maximum Gasteiger partial charge on any atom is 0.273 e. The van der Waals surface area contributed by atoms with Crippen LogP contribution in [-0.2, 0) is 9.47 Å². The molecule has 3 aromatic rings. The third-order valence-corrected chi connectivity index (χ3v) is 5.59. The second-order valence-corrected chi connectivity index (χ2v) is 8.42. The summed E-state index contributed by atoms with van der Waals surface area (Å²) in [7, 11) is 0. The molecule has 14 heteroatoms. The molecule has 0 bridgehead atoms. The number of carbonyl (C=O) groups is 1. The number of aromatic nitrogens is 4. The fourth-order valence-electron chi connectivity index (χ4n) is 3.62. The van der Waals surface area contributed by atoms with E-state index in [1.807, 2.05) is 6.92 Å². The van der Waals surface area contributed by atoms with Crippen LogP contribution in [0.25, 0.3) is 16.3 Å². The van der Waals surface area contributed by atoms with Crippen LogP contribution < -0.4 is 10.6 Å². The summed E-state index contributed by atoms with van der Waals surface area (Å²) in [5.74, 6) is -0.193. The van der Waals surface area contributed by atoms with Gasteiger partial charge in [-0.1, -0.05) is 16.7 Å². The molecule has 1 unspecified atom stereocenters. The van der Waals surface area contributed by atoms with Crippen molar-refractivity contribution >= 4 is 23.5 Å². The van der Waals surface area contributed by atoms with Crippen molar-refractivity contribution in [3.05, 3.63) is 75.0 Å². The summed E-state index contributed by atoms with van der Waals surface area (Å²) in [5.41, 5.74) is 9.59. The Hall–Kier alpha value is -3.77. The van der Waals surface area contributed by atoms with Gasteiger partial charge in [0.25, 0.3) is 5.91 Å². The van der Waals surface area contributed by atoms with Crippen LogP contribution in [0.3, 0.4) is 0 Å². The molecule has 1 aromatic carbocycles. The van der Waals surface area contributed by atoms with Crippen molar-refractivity contribution in [1.29, 1.82) is 0 Å². The molecular formula is C22H23ClFN9O3. The highest BCUT2D eigenvalue weighted by atomic mass is 35.5. The Bertz CT molecular complexity index is 1260. The molecule has 1 fully saturated rings. The predicted octanol–water partition coefficient (Wildman–Crippen LogP) is 4.07. The predicted molar refractivity (Wildman–Crippen MR) is 128 cm³/mol. The zero-order valence-electron chi connectivity index (χ0n) is 19.3. The van der Waals surface area contributed by atoms with E-state index in [-0.39, 0.29) is 22.3 Å². The molecule has 2 N–H and O–H groups in total. The summed E-state index contributed by atoms with van der Waals surface area (Å²) in [5, 5.41) is 9.34. The number of hydrogen-bond donors (Lipinski definition) is 2. The molecule has 4 rings (SSSR count). The van der Waals surface area contributed by atoms with Gasteiger partial charge < -0.3 is 20.1 Å². The number of nitrogens with zero attached hydrogens (tertiary/aromatic N) is 7. The van der Waals surface area contributed by atoms with E-state index in [0.29, 0.717) is 25.0 Å². The van der Waals surface area contributed by atoms with E-state index in [2.05, 4.69) is 35.6 Å². The fourth-order valence-corrected chi connectivity index (χ4v) is 3.85. The third kappa shape index (κ3) is 6.46. The van der Waals surface area contributed by atoms with Crippen LogP contribution in [0.1, 0.15) is 40.7 Å². The first-order valence-electron chi connectivity index (χ1n) is 11.0. The van der Waals surface area contributed by atoms with Crippen molar-refractivity contribution in [3.8, 4) is 5.82 Å².